The van der Waals surface area contributed by atoms with Crippen molar-refractivity contribution >= 4 is 0 Å². The van der Waals surface area contributed by atoms with E-state index in [1.807, 2.05) is 0 Å². The lowest BCUT2D eigenvalue weighted by Crippen LogP contribution is -2.08. The molecule has 0 heterocycles. The molecule has 1 nitrogen and oxygen atoms in total. The number of likely N-dealkylation sites (N-methyl/N-ethyl adjacent to an activating group) is 1. The molecule has 0 bridgehead atoms. The van der Waals surface area contributed by atoms with Gasteiger partial charge in [0.1, 0.15) is 0 Å². The van der Waals surface area contributed by atoms with Crippen LogP contribution < -0.4 is 0 Å². The molecule has 1 heteroatoms. The zero-order valence-electron chi connectivity index (χ0n) is 7.46. The summed E-state index contributed by atoms with van der Waals surface area (Å²) in [6.45, 7) is 2.14. The van der Waals surface area contributed by atoms with E-state index in [4.69, 9.17) is 0 Å². The fraction of sp³-hybridized carbons (Fsp3) is 0.400. The van der Waals surface area contributed by atoms with E-state index in [1.54, 1.807) is 0 Å². The third-order valence-electron chi connectivity index (χ3n) is 1.76. The Labute approximate surface area is 68.7 Å². The van der Waals surface area contributed by atoms with Crippen LogP contribution in [0.5, 0.6) is 0 Å². The van der Waals surface area contributed by atoms with Crippen LogP contribution in [0.3, 0.4) is 0 Å². The van der Waals surface area contributed by atoms with E-state index in [9.17, 15) is 0 Å². The van der Waals surface area contributed by atoms with Gasteiger partial charge < -0.3 is 4.90 Å². The summed E-state index contributed by atoms with van der Waals surface area (Å²) >= 11 is 0. The first kappa shape index (κ1) is 8.12. The van der Waals surface area contributed by atoms with Crippen molar-refractivity contribution in [3.63, 3.8) is 0 Å². The maximum absolute atomic E-state index is 2.23. The molecular formula is C10H15N. The van der Waals surface area contributed by atoms with E-state index in [0.29, 0.717) is 0 Å². The zero-order chi connectivity index (χ0) is 8.27. The van der Waals surface area contributed by atoms with Crippen LogP contribution in [0.15, 0.2) is 35.6 Å². The molecule has 11 heavy (non-hydrogen) atoms. The van der Waals surface area contributed by atoms with E-state index in [-0.39, 0.29) is 0 Å². The molecule has 0 radical (unpaired) electrons. The quantitative estimate of drug-likeness (QED) is 0.553. The minimum atomic E-state index is 1.06. The molecule has 0 N–H and O–H groups in total. The van der Waals surface area contributed by atoms with E-state index < -0.39 is 0 Å². The van der Waals surface area contributed by atoms with E-state index in [0.717, 1.165) is 6.42 Å². The molecule has 0 aromatic heterocycles. The molecule has 0 aromatic carbocycles. The van der Waals surface area contributed by atoms with Crippen LogP contribution in [0.4, 0.5) is 0 Å². The number of hydrogen-bond acceptors (Lipinski definition) is 1. The summed E-state index contributed by atoms with van der Waals surface area (Å²) in [5.74, 6) is 0. The number of hydrogen-bond donors (Lipinski definition) is 0. The van der Waals surface area contributed by atoms with Crippen molar-refractivity contribution in [3.8, 4) is 0 Å². The third kappa shape index (κ3) is 2.26. The van der Waals surface area contributed by atoms with Crippen molar-refractivity contribution in [2.24, 2.45) is 0 Å². The normalized spacial score (nSPS) is 17.0. The monoisotopic (exact) mass is 149 g/mol. The highest BCUT2D eigenvalue weighted by Crippen LogP contribution is 2.11. The first-order chi connectivity index (χ1) is 5.20. The Morgan fingerprint density at radius 2 is 2.09 bits per heavy atom. The second-order valence-electron chi connectivity index (χ2n) is 3.05. The molecule has 1 aliphatic carbocycles. The van der Waals surface area contributed by atoms with Crippen molar-refractivity contribution < 1.29 is 0 Å². The Bertz CT molecular complexity index is 219. The second kappa shape index (κ2) is 3.42. The summed E-state index contributed by atoms with van der Waals surface area (Å²) in [6, 6.07) is 0. The molecule has 0 saturated carbocycles. The van der Waals surface area contributed by atoms with Crippen LogP contribution in [0.2, 0.25) is 0 Å². The van der Waals surface area contributed by atoms with Gasteiger partial charge in [0.2, 0.25) is 0 Å². The summed E-state index contributed by atoms with van der Waals surface area (Å²) in [7, 11) is 4.13. The molecule has 60 valence electrons. The second-order valence-corrected chi connectivity index (χ2v) is 3.05. The van der Waals surface area contributed by atoms with Gasteiger partial charge in [-0.2, -0.15) is 0 Å². The fourth-order valence-electron chi connectivity index (χ4n) is 1.06. The van der Waals surface area contributed by atoms with Crippen LogP contribution >= 0.6 is 0 Å². The van der Waals surface area contributed by atoms with E-state index >= 15 is 0 Å². The highest BCUT2D eigenvalue weighted by molar-refractivity contribution is 5.31. The summed E-state index contributed by atoms with van der Waals surface area (Å²) in [5, 5.41) is 0. The van der Waals surface area contributed by atoms with Gasteiger partial charge in [0.25, 0.3) is 0 Å². The van der Waals surface area contributed by atoms with Crippen LogP contribution in [-0.2, 0) is 0 Å². The Hall–Kier alpha value is -0.980. The van der Waals surface area contributed by atoms with Gasteiger partial charge in [0, 0.05) is 19.8 Å². The summed E-state index contributed by atoms with van der Waals surface area (Å²) in [4.78, 5) is 2.12. The van der Waals surface area contributed by atoms with Gasteiger partial charge in [-0.05, 0) is 25.5 Å². The lowest BCUT2D eigenvalue weighted by molar-refractivity contribution is 0.529. The van der Waals surface area contributed by atoms with Crippen LogP contribution in [0, 0.1) is 0 Å². The Morgan fingerprint density at radius 1 is 1.36 bits per heavy atom. The molecule has 0 aliphatic heterocycles. The van der Waals surface area contributed by atoms with Crippen LogP contribution in [0.25, 0.3) is 0 Å². The minimum absolute atomic E-state index is 1.06. The molecule has 0 aromatic rings. The molecule has 0 atom stereocenters. The van der Waals surface area contributed by atoms with Gasteiger partial charge in [-0.3, -0.25) is 0 Å². The zero-order valence-corrected chi connectivity index (χ0v) is 7.46. The number of allylic oxidation sites excluding steroid dienone is 5. The standard InChI is InChI=1S/C10H15N/c1-9-6-4-5-7-10(8-9)11(2)3/h5-8H,4H2,1-3H3. The number of rotatable bonds is 1. The van der Waals surface area contributed by atoms with Crippen molar-refractivity contribution in [2.75, 3.05) is 14.1 Å². The largest absolute Gasteiger partial charge is 0.378 e. The predicted octanol–water partition coefficient (Wildman–Crippen LogP) is 2.34. The molecule has 0 fully saturated rings. The van der Waals surface area contributed by atoms with E-state index in [2.05, 4.69) is 50.2 Å². The van der Waals surface area contributed by atoms with Crippen LogP contribution in [0.1, 0.15) is 13.3 Å². The smallest absolute Gasteiger partial charge is 0.0360 e. The highest BCUT2D eigenvalue weighted by Gasteiger charge is 1.96. The molecule has 0 saturated heterocycles. The predicted molar refractivity (Wildman–Crippen MR) is 49.3 cm³/mol. The topological polar surface area (TPSA) is 3.24 Å². The summed E-state index contributed by atoms with van der Waals surface area (Å²) in [5.41, 5.74) is 2.62. The summed E-state index contributed by atoms with van der Waals surface area (Å²) < 4.78 is 0. The van der Waals surface area contributed by atoms with Gasteiger partial charge in [0.05, 0.1) is 0 Å². The molecule has 0 amide bonds. The van der Waals surface area contributed by atoms with Crippen molar-refractivity contribution in [2.45, 2.75) is 13.3 Å². The molecule has 1 rings (SSSR count). The molecule has 1 aliphatic rings. The molecular weight excluding hydrogens is 134 g/mol. The first-order valence-electron chi connectivity index (χ1n) is 3.92. The van der Waals surface area contributed by atoms with Gasteiger partial charge in [-0.15, -0.1) is 0 Å². The van der Waals surface area contributed by atoms with Crippen molar-refractivity contribution in [1.29, 1.82) is 0 Å². The Morgan fingerprint density at radius 3 is 2.73 bits per heavy atom. The molecule has 0 spiro atoms. The lowest BCUT2D eigenvalue weighted by Gasteiger charge is -2.12. The van der Waals surface area contributed by atoms with Crippen LogP contribution in [-0.4, -0.2) is 19.0 Å². The number of nitrogens with zero attached hydrogens (tertiary/aromatic N) is 1. The Kier molecular flexibility index (Phi) is 2.53. The SMILES string of the molecule is CC1=CCC=CC(N(C)C)=C1. The third-order valence-corrected chi connectivity index (χ3v) is 1.76. The van der Waals surface area contributed by atoms with Gasteiger partial charge in [0.15, 0.2) is 0 Å². The van der Waals surface area contributed by atoms with Gasteiger partial charge in [-0.25, -0.2) is 0 Å². The average Bonchev–Trinajstić information content (AvgIpc) is 2.13. The minimum Gasteiger partial charge on any atom is -0.378 e. The highest BCUT2D eigenvalue weighted by atomic mass is 15.1. The average molecular weight is 149 g/mol. The van der Waals surface area contributed by atoms with Gasteiger partial charge in [-0.1, -0.05) is 17.7 Å². The molecule has 0 unspecified atom stereocenters. The van der Waals surface area contributed by atoms with E-state index in [1.165, 1.54) is 11.3 Å². The van der Waals surface area contributed by atoms with Crippen molar-refractivity contribution in [1.82, 2.24) is 4.90 Å². The van der Waals surface area contributed by atoms with Crippen molar-refractivity contribution in [3.05, 3.63) is 35.6 Å². The lowest BCUT2D eigenvalue weighted by atomic mass is 10.2. The maximum atomic E-state index is 2.23. The fourth-order valence-corrected chi connectivity index (χ4v) is 1.06. The van der Waals surface area contributed by atoms with Gasteiger partial charge >= 0.3 is 0 Å². The summed E-state index contributed by atoms with van der Waals surface area (Å²) in [6.07, 6.45) is 9.82. The maximum Gasteiger partial charge on any atom is 0.0360 e. The first-order valence-corrected chi connectivity index (χ1v) is 3.92. The Balaban J connectivity index is 2.84.